The molecular weight excluding hydrogens is 297 g/mol. The van der Waals surface area contributed by atoms with E-state index in [1.165, 1.54) is 20.3 Å². The maximum Gasteiger partial charge on any atom is 0.182 e. The van der Waals surface area contributed by atoms with Crippen LogP contribution in [0.2, 0.25) is 0 Å². The van der Waals surface area contributed by atoms with Crippen molar-refractivity contribution in [1.29, 1.82) is 0 Å². The van der Waals surface area contributed by atoms with Crippen molar-refractivity contribution in [3.63, 3.8) is 0 Å². The van der Waals surface area contributed by atoms with Crippen molar-refractivity contribution in [3.8, 4) is 11.5 Å². The normalized spacial score (nSPS) is 18.2. The molecule has 21 heavy (non-hydrogen) atoms. The second-order valence-corrected chi connectivity index (χ2v) is 7.47. The summed E-state index contributed by atoms with van der Waals surface area (Å²) in [6, 6.07) is 1.02. The summed E-state index contributed by atoms with van der Waals surface area (Å²) in [6.45, 7) is 1.85. The van der Waals surface area contributed by atoms with E-state index in [-0.39, 0.29) is 23.0 Å². The van der Waals surface area contributed by atoms with Crippen molar-refractivity contribution in [2.75, 3.05) is 20.5 Å². The quantitative estimate of drug-likeness (QED) is 0.893. The first-order valence-corrected chi connectivity index (χ1v) is 8.48. The van der Waals surface area contributed by atoms with E-state index in [0.29, 0.717) is 5.56 Å². The Bertz CT molecular complexity index is 666. The molecule has 1 unspecified atom stereocenters. The Labute approximate surface area is 124 Å². The predicted octanol–water partition coefficient (Wildman–Crippen LogP) is 1.63. The third-order valence-electron chi connectivity index (χ3n) is 4.12. The maximum atomic E-state index is 14.4. The molecule has 0 amide bonds. The largest absolute Gasteiger partial charge is 0.493 e. The Kier molecular flexibility index (Phi) is 3.92. The standard InChI is InChI=1S/C14H20FNO4S/c1-8(16)14(5-6-14)9-7-10(15)13(21(4,17)18)12(20-3)11(9)19-2/h7-8H,5-6,16H2,1-4H3. The smallest absolute Gasteiger partial charge is 0.182 e. The molecule has 0 radical (unpaired) electrons. The lowest BCUT2D eigenvalue weighted by molar-refractivity contribution is 0.332. The Balaban J connectivity index is 2.80. The molecule has 7 heteroatoms. The summed E-state index contributed by atoms with van der Waals surface area (Å²) in [5.41, 5.74) is 6.21. The van der Waals surface area contributed by atoms with E-state index in [4.69, 9.17) is 15.2 Å². The van der Waals surface area contributed by atoms with Crippen molar-refractivity contribution < 1.29 is 22.3 Å². The number of rotatable bonds is 5. The van der Waals surface area contributed by atoms with Gasteiger partial charge in [-0.05, 0) is 25.8 Å². The van der Waals surface area contributed by atoms with E-state index in [2.05, 4.69) is 0 Å². The molecule has 0 bridgehead atoms. The minimum Gasteiger partial charge on any atom is -0.493 e. The fourth-order valence-corrected chi connectivity index (χ4v) is 3.73. The van der Waals surface area contributed by atoms with Crippen LogP contribution >= 0.6 is 0 Å². The average molecular weight is 317 g/mol. The molecule has 0 spiro atoms. The van der Waals surface area contributed by atoms with Gasteiger partial charge in [0, 0.05) is 23.3 Å². The predicted molar refractivity (Wildman–Crippen MR) is 77.2 cm³/mol. The van der Waals surface area contributed by atoms with Gasteiger partial charge in [0.2, 0.25) is 0 Å². The molecule has 1 atom stereocenters. The van der Waals surface area contributed by atoms with Crippen LogP contribution in [0.5, 0.6) is 11.5 Å². The molecule has 0 aliphatic heterocycles. The SMILES string of the molecule is COc1c(C2(C(C)N)CC2)cc(F)c(S(C)(=O)=O)c1OC. The van der Waals surface area contributed by atoms with Crippen molar-refractivity contribution >= 4 is 9.84 Å². The van der Waals surface area contributed by atoms with Gasteiger partial charge in [-0.3, -0.25) is 0 Å². The van der Waals surface area contributed by atoms with Crippen LogP contribution in [0.25, 0.3) is 0 Å². The second-order valence-electron chi connectivity index (χ2n) is 5.52. The molecule has 0 saturated heterocycles. The Morgan fingerprint density at radius 3 is 2.14 bits per heavy atom. The molecule has 1 aliphatic rings. The van der Waals surface area contributed by atoms with Crippen LogP contribution in [0.15, 0.2) is 11.0 Å². The first-order valence-electron chi connectivity index (χ1n) is 6.59. The van der Waals surface area contributed by atoms with Crippen molar-refractivity contribution in [3.05, 3.63) is 17.4 Å². The van der Waals surface area contributed by atoms with Gasteiger partial charge in [0.05, 0.1) is 14.2 Å². The Morgan fingerprint density at radius 1 is 1.29 bits per heavy atom. The molecular formula is C14H20FNO4S. The van der Waals surface area contributed by atoms with Crippen molar-refractivity contribution in [1.82, 2.24) is 0 Å². The number of halogens is 1. The fraction of sp³-hybridized carbons (Fsp3) is 0.571. The topological polar surface area (TPSA) is 78.6 Å². The number of benzene rings is 1. The summed E-state index contributed by atoms with van der Waals surface area (Å²) >= 11 is 0. The summed E-state index contributed by atoms with van der Waals surface area (Å²) < 4.78 is 48.5. The number of ether oxygens (including phenoxy) is 2. The number of hydrogen-bond donors (Lipinski definition) is 1. The fourth-order valence-electron chi connectivity index (χ4n) is 2.80. The zero-order chi connectivity index (χ0) is 16.0. The van der Waals surface area contributed by atoms with Crippen LogP contribution in [0.4, 0.5) is 4.39 Å². The molecule has 5 nitrogen and oxygen atoms in total. The van der Waals surface area contributed by atoms with Crippen molar-refractivity contribution in [2.24, 2.45) is 5.73 Å². The van der Waals surface area contributed by atoms with Gasteiger partial charge in [0.25, 0.3) is 0 Å². The molecule has 2 N–H and O–H groups in total. The van der Waals surface area contributed by atoms with E-state index in [1.54, 1.807) is 0 Å². The molecule has 1 aromatic carbocycles. The highest BCUT2D eigenvalue weighted by Crippen LogP contribution is 2.56. The molecule has 0 aromatic heterocycles. The monoisotopic (exact) mass is 317 g/mol. The first-order chi connectivity index (χ1) is 9.69. The molecule has 1 saturated carbocycles. The number of sulfone groups is 1. The lowest BCUT2D eigenvalue weighted by atomic mass is 9.88. The maximum absolute atomic E-state index is 14.4. The van der Waals surface area contributed by atoms with Gasteiger partial charge in [-0.2, -0.15) is 0 Å². The van der Waals surface area contributed by atoms with Crippen LogP contribution in [-0.4, -0.2) is 34.9 Å². The van der Waals surface area contributed by atoms with Gasteiger partial charge in [0.15, 0.2) is 21.3 Å². The highest BCUT2D eigenvalue weighted by Gasteiger charge is 2.50. The van der Waals surface area contributed by atoms with Gasteiger partial charge in [-0.15, -0.1) is 0 Å². The van der Waals surface area contributed by atoms with Crippen LogP contribution < -0.4 is 15.2 Å². The summed E-state index contributed by atoms with van der Waals surface area (Å²) in [5, 5.41) is 0. The molecule has 0 heterocycles. The lowest BCUT2D eigenvalue weighted by Crippen LogP contribution is -2.32. The van der Waals surface area contributed by atoms with Gasteiger partial charge < -0.3 is 15.2 Å². The zero-order valence-electron chi connectivity index (χ0n) is 12.6. The number of hydrogen-bond acceptors (Lipinski definition) is 5. The second kappa shape index (κ2) is 5.14. The van der Waals surface area contributed by atoms with Gasteiger partial charge in [-0.25, -0.2) is 12.8 Å². The highest BCUT2D eigenvalue weighted by atomic mass is 32.2. The van der Waals surface area contributed by atoms with Crippen molar-refractivity contribution in [2.45, 2.75) is 36.1 Å². The highest BCUT2D eigenvalue weighted by molar-refractivity contribution is 7.90. The molecule has 1 fully saturated rings. The number of methoxy groups -OCH3 is 2. The first kappa shape index (κ1) is 16.0. The minimum atomic E-state index is -3.78. The summed E-state index contributed by atoms with van der Waals surface area (Å²) in [5.74, 6) is -0.687. The summed E-state index contributed by atoms with van der Waals surface area (Å²) in [6.07, 6.45) is 2.55. The number of nitrogens with two attached hydrogens (primary N) is 1. The molecule has 2 rings (SSSR count). The van der Waals surface area contributed by atoms with E-state index < -0.39 is 20.5 Å². The average Bonchev–Trinajstić information content (AvgIpc) is 3.16. The van der Waals surface area contributed by atoms with Gasteiger partial charge in [0.1, 0.15) is 10.7 Å². The molecule has 118 valence electrons. The third kappa shape index (κ3) is 2.48. The van der Waals surface area contributed by atoms with E-state index in [0.717, 1.165) is 19.1 Å². The van der Waals surface area contributed by atoms with Crippen LogP contribution in [0.3, 0.4) is 0 Å². The van der Waals surface area contributed by atoms with Gasteiger partial charge in [-0.1, -0.05) is 0 Å². The van der Waals surface area contributed by atoms with E-state index >= 15 is 0 Å². The minimum absolute atomic E-state index is 0.0954. The molecule has 1 aliphatic carbocycles. The Hall–Kier alpha value is -1.34. The van der Waals surface area contributed by atoms with Crippen LogP contribution in [0, 0.1) is 5.82 Å². The van der Waals surface area contributed by atoms with Crippen LogP contribution in [-0.2, 0) is 15.3 Å². The van der Waals surface area contributed by atoms with Gasteiger partial charge >= 0.3 is 0 Å². The zero-order valence-corrected chi connectivity index (χ0v) is 13.4. The lowest BCUT2D eigenvalue weighted by Gasteiger charge is -2.25. The Morgan fingerprint density at radius 2 is 1.81 bits per heavy atom. The molecule has 1 aromatic rings. The van der Waals surface area contributed by atoms with E-state index in [1.807, 2.05) is 6.92 Å². The summed E-state index contributed by atoms with van der Waals surface area (Å²) in [7, 11) is -1.08. The van der Waals surface area contributed by atoms with E-state index in [9.17, 15) is 12.8 Å². The summed E-state index contributed by atoms with van der Waals surface area (Å²) in [4.78, 5) is -0.480. The third-order valence-corrected chi connectivity index (χ3v) is 5.24. The van der Waals surface area contributed by atoms with Crippen LogP contribution in [0.1, 0.15) is 25.3 Å².